The number of urea groups is 1. The zero-order valence-corrected chi connectivity index (χ0v) is 8.49. The molecule has 0 bridgehead atoms. The molecule has 0 aliphatic carbocycles. The van der Waals surface area contributed by atoms with Crippen molar-refractivity contribution < 1.29 is 27.9 Å². The lowest BCUT2D eigenvalue weighted by atomic mass is 10.1. The maximum absolute atomic E-state index is 12.3. The summed E-state index contributed by atoms with van der Waals surface area (Å²) in [5.74, 6) is -1.54. The van der Waals surface area contributed by atoms with Crippen LogP contribution in [0.25, 0.3) is 0 Å². The second-order valence-electron chi connectivity index (χ2n) is 3.23. The Kier molecular flexibility index (Phi) is 3.45. The van der Waals surface area contributed by atoms with Crippen LogP contribution in [0.2, 0.25) is 0 Å². The molecule has 0 aromatic rings. The molecular formula is C9H9F3N2O3. The van der Waals surface area contributed by atoms with Crippen LogP contribution in [0, 0.1) is 0 Å². The summed E-state index contributed by atoms with van der Waals surface area (Å²) in [5, 5.41) is 10.4. The van der Waals surface area contributed by atoms with Crippen LogP contribution in [0.1, 0.15) is 0 Å². The van der Waals surface area contributed by atoms with Gasteiger partial charge in [0.15, 0.2) is 6.04 Å². The quantitative estimate of drug-likeness (QED) is 0.737. The molecule has 1 rings (SSSR count). The number of hydrogen-bond donors (Lipinski definition) is 2. The maximum atomic E-state index is 12.3. The molecule has 0 spiro atoms. The molecule has 0 aromatic heterocycles. The van der Waals surface area contributed by atoms with E-state index in [1.165, 1.54) is 6.08 Å². The molecule has 0 saturated carbocycles. The first-order chi connectivity index (χ1) is 7.77. The Bertz CT molecular complexity index is 389. The SMILES string of the molecule is C=CCN1C(=O)NC(C(F)(F)F)=CC1C(=O)O. The second kappa shape index (κ2) is 4.48. The lowest BCUT2D eigenvalue weighted by molar-refractivity contribution is -0.140. The molecule has 0 fully saturated rings. The zero-order valence-electron chi connectivity index (χ0n) is 8.49. The molecule has 2 amide bonds. The van der Waals surface area contributed by atoms with E-state index in [0.29, 0.717) is 6.08 Å². The number of nitrogens with zero attached hydrogens (tertiary/aromatic N) is 1. The fourth-order valence-corrected chi connectivity index (χ4v) is 1.31. The van der Waals surface area contributed by atoms with Gasteiger partial charge in [0.25, 0.3) is 0 Å². The largest absolute Gasteiger partial charge is 0.479 e. The molecule has 1 aliphatic rings. The van der Waals surface area contributed by atoms with Gasteiger partial charge in [-0.15, -0.1) is 6.58 Å². The number of allylic oxidation sites excluding steroid dienone is 1. The Hall–Kier alpha value is -1.99. The van der Waals surface area contributed by atoms with Crippen molar-refractivity contribution in [1.82, 2.24) is 10.2 Å². The lowest BCUT2D eigenvalue weighted by Gasteiger charge is -2.31. The summed E-state index contributed by atoms with van der Waals surface area (Å²) in [6.45, 7) is 3.13. The molecule has 0 radical (unpaired) electrons. The monoisotopic (exact) mass is 250 g/mol. The Morgan fingerprint density at radius 3 is 2.65 bits per heavy atom. The van der Waals surface area contributed by atoms with Gasteiger partial charge in [0, 0.05) is 6.54 Å². The van der Waals surface area contributed by atoms with Crippen molar-refractivity contribution in [2.45, 2.75) is 12.2 Å². The first-order valence-electron chi connectivity index (χ1n) is 4.47. The molecule has 0 aromatic carbocycles. The van der Waals surface area contributed by atoms with Gasteiger partial charge in [-0.2, -0.15) is 13.2 Å². The van der Waals surface area contributed by atoms with Crippen molar-refractivity contribution in [3.63, 3.8) is 0 Å². The van der Waals surface area contributed by atoms with Gasteiger partial charge in [-0.3, -0.25) is 0 Å². The third-order valence-electron chi connectivity index (χ3n) is 2.05. The summed E-state index contributed by atoms with van der Waals surface area (Å²) in [6, 6.07) is -2.77. The van der Waals surface area contributed by atoms with E-state index < -0.39 is 29.9 Å². The van der Waals surface area contributed by atoms with Crippen LogP contribution in [0.5, 0.6) is 0 Å². The fourth-order valence-electron chi connectivity index (χ4n) is 1.31. The molecule has 94 valence electrons. The number of carboxylic acid groups (broad SMARTS) is 1. The van der Waals surface area contributed by atoms with Crippen LogP contribution < -0.4 is 5.32 Å². The van der Waals surface area contributed by atoms with Crippen LogP contribution in [-0.2, 0) is 4.79 Å². The number of hydrogen-bond acceptors (Lipinski definition) is 2. The number of carboxylic acids is 1. The van der Waals surface area contributed by atoms with E-state index in [9.17, 15) is 22.8 Å². The van der Waals surface area contributed by atoms with Crippen LogP contribution >= 0.6 is 0 Å². The molecule has 5 nitrogen and oxygen atoms in total. The highest BCUT2D eigenvalue weighted by molar-refractivity contribution is 5.87. The van der Waals surface area contributed by atoms with Crippen molar-refractivity contribution in [1.29, 1.82) is 0 Å². The third kappa shape index (κ3) is 2.77. The van der Waals surface area contributed by atoms with Crippen molar-refractivity contribution in [3.8, 4) is 0 Å². The van der Waals surface area contributed by atoms with Gasteiger partial charge in [-0.25, -0.2) is 9.59 Å². The predicted octanol–water partition coefficient (Wildman–Crippen LogP) is 1.10. The minimum atomic E-state index is -4.79. The molecule has 1 heterocycles. The number of rotatable bonds is 3. The number of amides is 2. The molecule has 8 heteroatoms. The normalized spacial score (nSPS) is 20.6. The second-order valence-corrected chi connectivity index (χ2v) is 3.23. The first kappa shape index (κ1) is 13.1. The highest BCUT2D eigenvalue weighted by atomic mass is 19.4. The van der Waals surface area contributed by atoms with Crippen LogP contribution in [-0.4, -0.2) is 40.8 Å². The summed E-state index contributed by atoms with van der Waals surface area (Å²) in [5.41, 5.74) is -1.37. The van der Waals surface area contributed by atoms with Gasteiger partial charge in [-0.05, 0) is 6.08 Å². The van der Waals surface area contributed by atoms with E-state index in [-0.39, 0.29) is 6.54 Å². The summed E-state index contributed by atoms with van der Waals surface area (Å²) in [4.78, 5) is 22.8. The van der Waals surface area contributed by atoms with Gasteiger partial charge < -0.3 is 15.3 Å². The Balaban J connectivity index is 3.11. The third-order valence-corrected chi connectivity index (χ3v) is 2.05. The maximum Gasteiger partial charge on any atom is 0.431 e. The standard InChI is InChI=1S/C9H9F3N2O3/c1-2-3-14-5(7(15)16)4-6(9(10,11)12)13-8(14)17/h2,4-5H,1,3H2,(H,13,17)(H,15,16). The summed E-state index contributed by atoms with van der Waals surface area (Å²) in [6.07, 6.45) is -3.11. The molecule has 2 N–H and O–H groups in total. The number of alkyl halides is 3. The Morgan fingerprint density at radius 2 is 2.24 bits per heavy atom. The molecule has 1 unspecified atom stereocenters. The smallest absolute Gasteiger partial charge is 0.431 e. The summed E-state index contributed by atoms with van der Waals surface area (Å²) in [7, 11) is 0. The lowest BCUT2D eigenvalue weighted by Crippen LogP contribution is -2.54. The van der Waals surface area contributed by atoms with Crippen molar-refractivity contribution >= 4 is 12.0 Å². The first-order valence-corrected chi connectivity index (χ1v) is 4.47. The minimum absolute atomic E-state index is 0.162. The zero-order chi connectivity index (χ0) is 13.2. The van der Waals surface area contributed by atoms with Crippen molar-refractivity contribution in [3.05, 3.63) is 24.4 Å². The fraction of sp³-hybridized carbons (Fsp3) is 0.333. The molecule has 0 saturated heterocycles. The Morgan fingerprint density at radius 1 is 1.65 bits per heavy atom. The average Bonchev–Trinajstić information content (AvgIpc) is 2.18. The van der Waals surface area contributed by atoms with Crippen molar-refractivity contribution in [2.75, 3.05) is 6.54 Å². The molecule has 1 atom stereocenters. The molecule has 1 aliphatic heterocycles. The van der Waals surface area contributed by atoms with E-state index in [0.717, 1.165) is 4.90 Å². The van der Waals surface area contributed by atoms with Gasteiger partial charge in [0.1, 0.15) is 5.70 Å². The predicted molar refractivity (Wildman–Crippen MR) is 51.0 cm³/mol. The van der Waals surface area contributed by atoms with E-state index >= 15 is 0 Å². The topological polar surface area (TPSA) is 69.6 Å². The summed E-state index contributed by atoms with van der Waals surface area (Å²) < 4.78 is 37.0. The minimum Gasteiger partial charge on any atom is -0.479 e. The molecule has 17 heavy (non-hydrogen) atoms. The van der Waals surface area contributed by atoms with Crippen molar-refractivity contribution in [2.24, 2.45) is 0 Å². The van der Waals surface area contributed by atoms with Gasteiger partial charge in [0.2, 0.25) is 0 Å². The van der Waals surface area contributed by atoms with Crippen LogP contribution in [0.15, 0.2) is 24.4 Å². The van der Waals surface area contributed by atoms with E-state index in [4.69, 9.17) is 5.11 Å². The number of nitrogens with one attached hydrogen (secondary N) is 1. The van der Waals surface area contributed by atoms with E-state index in [2.05, 4.69) is 6.58 Å². The van der Waals surface area contributed by atoms with Gasteiger partial charge in [-0.1, -0.05) is 6.08 Å². The number of halogens is 3. The van der Waals surface area contributed by atoms with Gasteiger partial charge >= 0.3 is 18.2 Å². The summed E-state index contributed by atoms with van der Waals surface area (Å²) >= 11 is 0. The number of aliphatic carboxylic acids is 1. The van der Waals surface area contributed by atoms with Crippen LogP contribution in [0.4, 0.5) is 18.0 Å². The highest BCUT2D eigenvalue weighted by Gasteiger charge is 2.42. The number of carbonyl (C=O) groups is 2. The average molecular weight is 250 g/mol. The number of carbonyl (C=O) groups excluding carboxylic acids is 1. The van der Waals surface area contributed by atoms with Crippen LogP contribution in [0.3, 0.4) is 0 Å². The van der Waals surface area contributed by atoms with E-state index in [1.807, 2.05) is 0 Å². The Labute approximate surface area is 94.2 Å². The molecular weight excluding hydrogens is 241 g/mol. The van der Waals surface area contributed by atoms with Gasteiger partial charge in [0.05, 0.1) is 0 Å². The van der Waals surface area contributed by atoms with E-state index in [1.54, 1.807) is 5.32 Å². The highest BCUT2D eigenvalue weighted by Crippen LogP contribution is 2.27.